The number of nitrogens with one attached hydrogen (secondary N) is 4. The Morgan fingerprint density at radius 2 is 1.61 bits per heavy atom. The lowest BCUT2D eigenvalue weighted by molar-refractivity contribution is -0.292. The average molecular weight is 1350 g/mol. The maximum atomic E-state index is 14.6. The monoisotopic (exact) mass is 1350 g/mol. The van der Waals surface area contributed by atoms with E-state index >= 15 is 0 Å². The minimum absolute atomic E-state index is 0.00234. The van der Waals surface area contributed by atoms with Gasteiger partial charge < -0.3 is 77.9 Å². The molecule has 524 valence electrons. The maximum Gasteiger partial charge on any atom is 0.412 e. The Morgan fingerprint density at radius 1 is 0.844 bits per heavy atom. The predicted octanol–water partition coefficient (Wildman–Crippen LogP) is 8.08. The number of hydrogen-bond donors (Lipinski definition) is 4. The average Bonchev–Trinajstić information content (AvgIpc) is 1.55. The Bertz CT molecular complexity index is 3230. The molecule has 4 N–H and O–H groups in total. The van der Waals surface area contributed by atoms with Crippen molar-refractivity contribution in [2.45, 2.75) is 265 Å². The van der Waals surface area contributed by atoms with Gasteiger partial charge in [0.2, 0.25) is 17.7 Å². The topological polar surface area (TPSA) is 258 Å². The number of carbonyl (C=O) groups excluding carboxylic acids is 5. The van der Waals surface area contributed by atoms with Crippen LogP contribution in [0.4, 0.5) is 10.5 Å². The highest BCUT2D eigenvalue weighted by Crippen LogP contribution is 2.55. The number of hydrogen-bond acceptors (Lipinski definition) is 19. The fourth-order valence-electron chi connectivity index (χ4n) is 16.1. The molecule has 4 amide bonds. The molecule has 96 heavy (non-hydrogen) atoms. The lowest BCUT2D eigenvalue weighted by Crippen LogP contribution is -2.61. The van der Waals surface area contributed by atoms with Crippen LogP contribution in [0.1, 0.15) is 154 Å². The highest BCUT2D eigenvalue weighted by atomic mass is 32.1. The Kier molecular flexibility index (Phi) is 23.0. The third kappa shape index (κ3) is 16.8. The molecule has 11 aliphatic heterocycles. The third-order valence-corrected chi connectivity index (χ3v) is 21.5. The van der Waals surface area contributed by atoms with Crippen LogP contribution < -0.4 is 16.0 Å². The Hall–Kier alpha value is -5.53. The summed E-state index contributed by atoms with van der Waals surface area (Å²) in [7, 11) is 5.63. The number of ketones is 1. The van der Waals surface area contributed by atoms with Gasteiger partial charge in [-0.3, -0.25) is 24.1 Å². The number of aromatic nitrogens is 2. The third-order valence-electron chi connectivity index (χ3n) is 21.3. The van der Waals surface area contributed by atoms with E-state index in [0.29, 0.717) is 79.4 Å². The quantitative estimate of drug-likeness (QED) is 0.0448. The van der Waals surface area contributed by atoms with Crippen molar-refractivity contribution in [3.63, 3.8) is 0 Å². The molecule has 0 radical (unpaired) electrons. The van der Waals surface area contributed by atoms with Crippen LogP contribution in [0.3, 0.4) is 0 Å². The zero-order valence-electron chi connectivity index (χ0n) is 56.5. The van der Waals surface area contributed by atoms with Gasteiger partial charge in [-0.05, 0) is 144 Å². The lowest BCUT2D eigenvalue weighted by atomic mass is 9.81. The van der Waals surface area contributed by atoms with Gasteiger partial charge in [-0.1, -0.05) is 57.9 Å². The van der Waals surface area contributed by atoms with E-state index in [2.05, 4.69) is 62.7 Å². The highest BCUT2D eigenvalue weighted by Gasteiger charge is 2.69. The highest BCUT2D eigenvalue weighted by molar-refractivity contribution is 7.71. The van der Waals surface area contributed by atoms with Crippen LogP contribution in [0.2, 0.25) is 0 Å². The van der Waals surface area contributed by atoms with Crippen molar-refractivity contribution in [3.05, 3.63) is 76.9 Å². The van der Waals surface area contributed by atoms with E-state index < -0.39 is 72.4 Å². The number of nitrogens with zero attached hydrogens (tertiary/aromatic N) is 3. The molecule has 12 heterocycles. The first kappa shape index (κ1) is 70.3. The van der Waals surface area contributed by atoms with Gasteiger partial charge >= 0.3 is 6.09 Å². The van der Waals surface area contributed by atoms with Crippen LogP contribution in [0, 0.1) is 34.4 Å². The number of Topliss-reactive ketones (excluding diaryl/α,β-unsaturated/α-hetero) is 1. The Morgan fingerprint density at radius 3 is 2.40 bits per heavy atom. The number of unbranched alkanes of at least 4 members (excludes halogenated alkanes) is 2. The number of anilines is 1. The number of amides is 4. The van der Waals surface area contributed by atoms with Gasteiger partial charge in [0, 0.05) is 82.5 Å². The second-order valence-electron chi connectivity index (χ2n) is 29.0. The molecule has 11 aliphatic rings. The number of fused-ring (bicyclic) bond motifs is 6. The molecule has 2 aromatic rings. The number of carbonyl (C=O) groups is 5. The smallest absolute Gasteiger partial charge is 0.412 e. The van der Waals surface area contributed by atoms with E-state index in [-0.39, 0.29) is 130 Å². The van der Waals surface area contributed by atoms with Crippen LogP contribution in [0.25, 0.3) is 0 Å². The van der Waals surface area contributed by atoms with E-state index in [1.165, 1.54) is 4.90 Å². The summed E-state index contributed by atoms with van der Waals surface area (Å²) in [4.78, 5) is 79.7. The summed E-state index contributed by atoms with van der Waals surface area (Å²) < 4.78 is 73.9. The number of aromatic amines is 1. The van der Waals surface area contributed by atoms with Gasteiger partial charge in [0.25, 0.3) is 0 Å². The summed E-state index contributed by atoms with van der Waals surface area (Å²) in [5.41, 5.74) is 3.99. The summed E-state index contributed by atoms with van der Waals surface area (Å²) in [6.45, 7) is 16.0. The summed E-state index contributed by atoms with van der Waals surface area (Å²) in [6.07, 6.45) is 9.30. The fourth-order valence-corrected chi connectivity index (χ4v) is 16.3. The van der Waals surface area contributed by atoms with Gasteiger partial charge in [0.1, 0.15) is 61.7 Å². The summed E-state index contributed by atoms with van der Waals surface area (Å²) in [5, 5.41) is 8.77. The van der Waals surface area contributed by atoms with Crippen LogP contribution in [-0.2, 0) is 77.9 Å². The molecule has 23 nitrogen and oxygen atoms in total. The minimum Gasteiger partial charge on any atom is -0.444 e. The molecule has 0 saturated carbocycles. The molecule has 2 unspecified atom stereocenters. The molecule has 13 rings (SSSR count). The maximum absolute atomic E-state index is 14.6. The SMILES string of the molecule is C=C1C[C@@H]2CC[C@@]34CC5O[C@H]6[C@@H](O3)[C@H]3O[C@H](CC[C@@H]3O[C@H]6[C@H]5O4)CC(=O)C[C@@H]3[C@@H](OC)[C@@H](C[C@H]4CN(C(=O)OCc5ccc(NC(=O)[C@H](CCCCN(C)C)NC(=O)[C@@H](NC(=O)CCCC#Cc6cnc(=S)[nH]c6)C(C)C)cc5)CO4)O[C@H]3C[C@H]3O[C@@H](CCC1O2)C[C@@H](C)C3=C. The molecule has 24 heteroatoms. The zero-order chi connectivity index (χ0) is 67.4. The first-order chi connectivity index (χ1) is 46.2. The molecule has 0 aliphatic carbocycles. The molecule has 11 saturated heterocycles. The van der Waals surface area contributed by atoms with E-state index in [9.17, 15) is 24.0 Å². The summed E-state index contributed by atoms with van der Waals surface area (Å²) >= 11 is 4.98. The fraction of sp³-hybridized carbons (Fsp3) is 0.708. The first-order valence-electron chi connectivity index (χ1n) is 35.1. The van der Waals surface area contributed by atoms with Crippen molar-refractivity contribution in [1.29, 1.82) is 0 Å². The molecule has 1 spiro atoms. The van der Waals surface area contributed by atoms with Gasteiger partial charge in [0.05, 0.1) is 79.3 Å². The zero-order valence-corrected chi connectivity index (χ0v) is 57.4. The number of rotatable bonds is 19. The molecule has 1 aromatic carbocycles. The van der Waals surface area contributed by atoms with Crippen molar-refractivity contribution in [2.75, 3.05) is 46.3 Å². The van der Waals surface area contributed by atoms with Crippen molar-refractivity contribution < 1.29 is 76.1 Å². The van der Waals surface area contributed by atoms with Gasteiger partial charge in [-0.15, -0.1) is 0 Å². The molecular weight excluding hydrogens is 1250 g/mol. The van der Waals surface area contributed by atoms with Gasteiger partial charge in [-0.2, -0.15) is 0 Å². The van der Waals surface area contributed by atoms with Crippen LogP contribution >= 0.6 is 12.2 Å². The van der Waals surface area contributed by atoms with E-state index in [0.717, 1.165) is 62.6 Å². The van der Waals surface area contributed by atoms with E-state index in [4.69, 9.17) is 64.3 Å². The lowest BCUT2D eigenvalue weighted by Gasteiger charge is -2.47. The van der Waals surface area contributed by atoms with Crippen molar-refractivity contribution in [3.8, 4) is 11.8 Å². The Balaban J connectivity index is 0.649. The van der Waals surface area contributed by atoms with E-state index in [1.54, 1.807) is 43.8 Å². The van der Waals surface area contributed by atoms with Gasteiger partial charge in [-0.25, -0.2) is 9.78 Å². The molecular formula is C72H99N7O16S. The van der Waals surface area contributed by atoms with Crippen molar-refractivity contribution in [2.24, 2.45) is 17.8 Å². The Labute approximate surface area is 569 Å². The second kappa shape index (κ2) is 31.3. The first-order valence-corrected chi connectivity index (χ1v) is 35.5. The van der Waals surface area contributed by atoms with Crippen LogP contribution in [0.15, 0.2) is 61.0 Å². The number of benzene rings is 1. The van der Waals surface area contributed by atoms with Crippen LogP contribution in [0.5, 0.6) is 0 Å². The largest absolute Gasteiger partial charge is 0.444 e. The number of H-pyrrole nitrogens is 1. The molecule has 21 atom stereocenters. The molecule has 11 fully saturated rings. The number of ether oxygens (including phenoxy) is 11. The molecule has 12 bridgehead atoms. The van der Waals surface area contributed by atoms with Gasteiger partial charge in [0.15, 0.2) is 10.6 Å². The normalized spacial score (nSPS) is 35.4. The number of methoxy groups -OCH3 is 1. The molecule has 1 aromatic heterocycles. The van der Waals surface area contributed by atoms with Crippen molar-refractivity contribution in [1.82, 2.24) is 30.4 Å². The predicted molar refractivity (Wildman–Crippen MR) is 354 cm³/mol. The standard InChI is InChI=1S/C72H99N7O16S/c1-40(2)61(77-60(81)16-11-9-10-14-45-35-73-70(96)74-36-45)69(83)76-53(15-12-13-27-78(6)7)68(82)75-46-19-17-44(18-20-46)38-86-71(84)79-37-51(87-39-79)32-58-62(85-8)52-31-47(80)30-49-22-24-55-63(90-49)67-66-65(92-55)64-59(93-66)34-72(94-64,95-67)26-25-50-29-42(4)54(88-50)23-21-48-28-41(3)43(5)56(89-48)33-57(52)91-58/h17-20,35-36,40-41,48-59,61-67H,4-5,9,11-13,15-16,21-34,37-39H2,1-3,6-8H3,(H,75,82)(H,76,83)(H,77,81)(H,73,74,96)/t41-,48+,49-,50+,51+,52+,53+,54?,55+,56-,57+,58-,59?,61+,62-,63+,64+,65+,66-,67+,72+/m1/s1. The summed E-state index contributed by atoms with van der Waals surface area (Å²) in [5.74, 6) is 3.75. The minimum atomic E-state index is -0.880. The van der Waals surface area contributed by atoms with Crippen LogP contribution in [-0.4, -0.2) is 206 Å². The summed E-state index contributed by atoms with van der Waals surface area (Å²) in [6, 6.07) is 5.23. The van der Waals surface area contributed by atoms with E-state index in [1.807, 2.05) is 27.9 Å². The second-order valence-corrected chi connectivity index (χ2v) is 29.4. The van der Waals surface area contributed by atoms with Crippen molar-refractivity contribution >= 4 is 47.5 Å².